The normalized spacial score (nSPS) is 15.6. The fourth-order valence-corrected chi connectivity index (χ4v) is 4.74. The summed E-state index contributed by atoms with van der Waals surface area (Å²) >= 11 is 1.74. The molecule has 1 aromatic heterocycles. The Bertz CT molecular complexity index is 1030. The second-order valence-electron chi connectivity index (χ2n) is 9.00. The minimum absolute atomic E-state index is 0.398. The van der Waals surface area contributed by atoms with Crippen LogP contribution in [0.25, 0.3) is 18.2 Å². The van der Waals surface area contributed by atoms with Gasteiger partial charge < -0.3 is 9.64 Å². The van der Waals surface area contributed by atoms with Gasteiger partial charge in [-0.1, -0.05) is 51.0 Å². The molecule has 0 spiro atoms. The van der Waals surface area contributed by atoms with Crippen LogP contribution in [0.5, 0.6) is 0 Å². The molecule has 33 heavy (non-hydrogen) atoms. The van der Waals surface area contributed by atoms with E-state index in [9.17, 15) is 5.26 Å². The van der Waals surface area contributed by atoms with Crippen LogP contribution < -0.4 is 4.90 Å². The molecule has 0 saturated heterocycles. The molecule has 0 unspecified atom stereocenters. The Morgan fingerprint density at radius 3 is 2.12 bits per heavy atom. The van der Waals surface area contributed by atoms with Crippen LogP contribution in [0, 0.1) is 11.3 Å². The van der Waals surface area contributed by atoms with E-state index in [1.165, 1.54) is 46.7 Å². The predicted octanol–water partition coefficient (Wildman–Crippen LogP) is 7.97. The number of ether oxygens (including phenoxy) is 1. The summed E-state index contributed by atoms with van der Waals surface area (Å²) in [7, 11) is 0. The molecule has 3 nitrogen and oxygen atoms in total. The largest absolute Gasteiger partial charge is 0.372 e. The molecule has 0 N–H and O–H groups in total. The van der Waals surface area contributed by atoms with E-state index < -0.39 is 5.60 Å². The number of unbranched alkanes of at least 4 members (excludes halogenated alkanes) is 2. The molecule has 0 amide bonds. The van der Waals surface area contributed by atoms with Gasteiger partial charge in [-0.25, -0.2) is 0 Å². The predicted molar refractivity (Wildman–Crippen MR) is 143 cm³/mol. The lowest BCUT2D eigenvalue weighted by Crippen LogP contribution is -2.25. The van der Waals surface area contributed by atoms with Crippen LogP contribution in [0.2, 0.25) is 0 Å². The van der Waals surface area contributed by atoms with Crippen LogP contribution in [0.4, 0.5) is 5.69 Å². The molecular formula is C29H36N2OS. The van der Waals surface area contributed by atoms with Crippen molar-refractivity contribution in [1.29, 1.82) is 5.26 Å². The van der Waals surface area contributed by atoms with Crippen molar-refractivity contribution in [3.05, 3.63) is 68.9 Å². The van der Waals surface area contributed by atoms with E-state index in [0.717, 1.165) is 24.2 Å². The van der Waals surface area contributed by atoms with Crippen molar-refractivity contribution in [2.45, 2.75) is 59.0 Å². The topological polar surface area (TPSA) is 36.3 Å². The van der Waals surface area contributed by atoms with E-state index in [0.29, 0.717) is 6.61 Å². The summed E-state index contributed by atoms with van der Waals surface area (Å²) in [6, 6.07) is 15.5. The lowest BCUT2D eigenvalue weighted by Gasteiger charge is -2.24. The van der Waals surface area contributed by atoms with E-state index in [2.05, 4.69) is 79.4 Å². The highest BCUT2D eigenvalue weighted by Gasteiger charge is 2.31. The summed E-state index contributed by atoms with van der Waals surface area (Å²) in [5, 5.41) is 9.34. The fraction of sp³-hybridized carbons (Fsp3) is 0.414. The number of hydrogen-bond acceptors (Lipinski definition) is 4. The van der Waals surface area contributed by atoms with Gasteiger partial charge >= 0.3 is 0 Å². The molecule has 0 atom stereocenters. The molecule has 1 aliphatic rings. The van der Waals surface area contributed by atoms with Crippen molar-refractivity contribution in [1.82, 2.24) is 0 Å². The summed E-state index contributed by atoms with van der Waals surface area (Å²) in [5.74, 6) is 0. The molecule has 1 aromatic carbocycles. The third kappa shape index (κ3) is 6.93. The van der Waals surface area contributed by atoms with E-state index in [-0.39, 0.29) is 0 Å². The van der Waals surface area contributed by atoms with Gasteiger partial charge in [0.1, 0.15) is 0 Å². The van der Waals surface area contributed by atoms with Crippen molar-refractivity contribution >= 4 is 35.3 Å². The number of nitriles is 1. The number of rotatable bonds is 11. The smallest absolute Gasteiger partial charge is 0.0975 e. The zero-order valence-corrected chi connectivity index (χ0v) is 21.3. The number of thiophene rings is 1. The monoisotopic (exact) mass is 460 g/mol. The van der Waals surface area contributed by atoms with Gasteiger partial charge in [-0.15, -0.1) is 11.3 Å². The maximum absolute atomic E-state index is 9.34. The summed E-state index contributed by atoms with van der Waals surface area (Å²) < 4.78 is 5.74. The third-order valence-electron chi connectivity index (χ3n) is 6.01. The van der Waals surface area contributed by atoms with Gasteiger partial charge in [-0.05, 0) is 74.2 Å². The van der Waals surface area contributed by atoms with Crippen molar-refractivity contribution in [2.75, 3.05) is 24.6 Å². The second kappa shape index (κ2) is 12.0. The molecule has 4 heteroatoms. The Hall–Kier alpha value is -2.61. The van der Waals surface area contributed by atoms with Crippen molar-refractivity contribution in [2.24, 2.45) is 0 Å². The van der Waals surface area contributed by atoms with Crippen LogP contribution >= 0.6 is 11.3 Å². The standard InChI is InChI=1S/C29H36N2OS/c1-5-7-19-31(20-8-6-2)25-12-9-23(10-13-25)11-14-26-15-16-27(33-26)17-18-28-24(21-30)22-32-29(28,3)4/h9-18H,5-8,19-20,22H2,1-4H3/b14-11+,18-17+. The zero-order valence-electron chi connectivity index (χ0n) is 20.4. The molecule has 0 radical (unpaired) electrons. The number of hydrogen-bond donors (Lipinski definition) is 0. The maximum atomic E-state index is 9.34. The molecule has 1 aliphatic heterocycles. The first-order valence-corrected chi connectivity index (χ1v) is 12.9. The molecule has 0 bridgehead atoms. The summed E-state index contributed by atoms with van der Waals surface area (Å²) in [5.41, 5.74) is 3.82. The summed E-state index contributed by atoms with van der Waals surface area (Å²) in [6.07, 6.45) is 13.4. The molecule has 0 saturated carbocycles. The maximum Gasteiger partial charge on any atom is 0.0975 e. The zero-order chi connectivity index (χ0) is 23.7. The van der Waals surface area contributed by atoms with Crippen LogP contribution in [0.1, 0.15) is 68.7 Å². The highest BCUT2D eigenvalue weighted by atomic mass is 32.1. The van der Waals surface area contributed by atoms with Crippen molar-refractivity contribution in [3.8, 4) is 6.07 Å². The van der Waals surface area contributed by atoms with E-state index in [1.54, 1.807) is 11.3 Å². The van der Waals surface area contributed by atoms with Gasteiger partial charge in [0.25, 0.3) is 0 Å². The van der Waals surface area contributed by atoms with Crippen LogP contribution in [0.3, 0.4) is 0 Å². The first-order chi connectivity index (χ1) is 16.0. The SMILES string of the molecule is CCCCN(CCCC)c1ccc(/C=C/c2ccc(/C=C/C3=C(C#N)COC3(C)C)s2)cc1. The van der Waals surface area contributed by atoms with Crippen LogP contribution in [0.15, 0.2) is 53.6 Å². The average Bonchev–Trinajstić information content (AvgIpc) is 3.39. The fourth-order valence-electron chi connectivity index (χ4n) is 3.92. The number of anilines is 1. The molecular weight excluding hydrogens is 424 g/mol. The Balaban J connectivity index is 1.64. The number of benzene rings is 1. The van der Waals surface area contributed by atoms with E-state index in [4.69, 9.17) is 4.74 Å². The van der Waals surface area contributed by atoms with E-state index in [1.807, 2.05) is 19.9 Å². The highest BCUT2D eigenvalue weighted by molar-refractivity contribution is 7.13. The van der Waals surface area contributed by atoms with Gasteiger partial charge in [0, 0.05) is 28.5 Å². The van der Waals surface area contributed by atoms with Gasteiger partial charge in [-0.3, -0.25) is 0 Å². The van der Waals surface area contributed by atoms with Gasteiger partial charge in [0.15, 0.2) is 0 Å². The van der Waals surface area contributed by atoms with Crippen LogP contribution in [-0.2, 0) is 4.74 Å². The molecule has 0 fully saturated rings. The quantitative estimate of drug-likeness (QED) is 0.341. The minimum Gasteiger partial charge on any atom is -0.372 e. The van der Waals surface area contributed by atoms with Crippen LogP contribution in [-0.4, -0.2) is 25.3 Å². The Morgan fingerprint density at radius 1 is 0.939 bits per heavy atom. The average molecular weight is 461 g/mol. The van der Waals surface area contributed by atoms with Crippen molar-refractivity contribution in [3.63, 3.8) is 0 Å². The lowest BCUT2D eigenvalue weighted by molar-refractivity contribution is 0.0512. The molecule has 174 valence electrons. The Kier molecular flexibility index (Phi) is 9.11. The first-order valence-electron chi connectivity index (χ1n) is 12.1. The first kappa shape index (κ1) is 25.0. The number of nitrogens with zero attached hydrogens (tertiary/aromatic N) is 2. The third-order valence-corrected chi connectivity index (χ3v) is 7.03. The minimum atomic E-state index is -0.406. The summed E-state index contributed by atoms with van der Waals surface area (Å²) in [6.45, 7) is 11.2. The lowest BCUT2D eigenvalue weighted by atomic mass is 9.96. The molecule has 2 aromatic rings. The van der Waals surface area contributed by atoms with Crippen molar-refractivity contribution < 1.29 is 4.74 Å². The Morgan fingerprint density at radius 2 is 1.55 bits per heavy atom. The van der Waals surface area contributed by atoms with E-state index >= 15 is 0 Å². The van der Waals surface area contributed by atoms with Gasteiger partial charge in [-0.2, -0.15) is 5.26 Å². The second-order valence-corrected chi connectivity index (χ2v) is 10.1. The highest BCUT2D eigenvalue weighted by Crippen LogP contribution is 2.33. The molecule has 3 rings (SSSR count). The molecule has 0 aliphatic carbocycles. The molecule has 2 heterocycles. The van der Waals surface area contributed by atoms with Gasteiger partial charge in [0.2, 0.25) is 0 Å². The Labute approximate surface area is 203 Å². The summed E-state index contributed by atoms with van der Waals surface area (Å²) in [4.78, 5) is 4.89. The van der Waals surface area contributed by atoms with Gasteiger partial charge in [0.05, 0.1) is 23.9 Å².